The van der Waals surface area contributed by atoms with Crippen LogP contribution in [0.5, 0.6) is 11.5 Å². The van der Waals surface area contributed by atoms with Gasteiger partial charge in [0, 0.05) is 23.2 Å². The van der Waals surface area contributed by atoms with Crippen LogP contribution in [0.25, 0.3) is 0 Å². The second-order valence-corrected chi connectivity index (χ2v) is 8.29. The lowest BCUT2D eigenvalue weighted by Crippen LogP contribution is -2.32. The fourth-order valence-electron chi connectivity index (χ4n) is 4.18. The molecule has 6 nitrogen and oxygen atoms in total. The number of nitrogens with one attached hydrogen (secondary N) is 2. The Morgan fingerprint density at radius 1 is 0.645 bits per heavy atom. The van der Waals surface area contributed by atoms with Gasteiger partial charge in [-0.1, -0.05) is 25.7 Å². The van der Waals surface area contributed by atoms with Crippen LogP contribution >= 0.6 is 0 Å². The zero-order chi connectivity index (χ0) is 21.5. The molecule has 0 unspecified atom stereocenters. The fourth-order valence-corrected chi connectivity index (χ4v) is 4.18. The lowest BCUT2D eigenvalue weighted by molar-refractivity contribution is 0.0929. The van der Waals surface area contributed by atoms with E-state index in [1.807, 2.05) is 0 Å². The van der Waals surface area contributed by atoms with Crippen LogP contribution in [0.3, 0.4) is 0 Å². The van der Waals surface area contributed by atoms with Crippen LogP contribution in [0, 0.1) is 0 Å². The average Bonchev–Trinajstić information content (AvgIpc) is 3.49. The predicted octanol–water partition coefficient (Wildman–Crippen LogP) is 4.02. The molecule has 2 aliphatic carbocycles. The number of hydrogen-bond donors (Lipinski definition) is 2. The van der Waals surface area contributed by atoms with Gasteiger partial charge in [-0.2, -0.15) is 0 Å². The number of hydrogen-bond acceptors (Lipinski definition) is 4. The molecular formula is C24H28BN2O4. The molecular weight excluding hydrogens is 391 g/mol. The van der Waals surface area contributed by atoms with Crippen molar-refractivity contribution in [2.75, 3.05) is 0 Å². The van der Waals surface area contributed by atoms with Crippen molar-refractivity contribution in [2.45, 2.75) is 63.5 Å². The molecule has 2 aliphatic rings. The van der Waals surface area contributed by atoms with Crippen LogP contribution in [-0.2, 0) is 0 Å². The first-order valence-corrected chi connectivity index (χ1v) is 11.1. The van der Waals surface area contributed by atoms with Crippen molar-refractivity contribution in [2.24, 2.45) is 0 Å². The minimum Gasteiger partial charge on any atom is -0.526 e. The first kappa shape index (κ1) is 21.3. The summed E-state index contributed by atoms with van der Waals surface area (Å²) in [5, 5.41) is 6.14. The van der Waals surface area contributed by atoms with Gasteiger partial charge >= 0.3 is 7.69 Å². The van der Waals surface area contributed by atoms with E-state index in [-0.39, 0.29) is 11.8 Å². The lowest BCUT2D eigenvalue weighted by Gasteiger charge is -2.13. The third-order valence-corrected chi connectivity index (χ3v) is 5.98. The molecule has 0 aliphatic heterocycles. The highest BCUT2D eigenvalue weighted by Crippen LogP contribution is 2.20. The summed E-state index contributed by atoms with van der Waals surface area (Å²) in [5.74, 6) is 1.06. The van der Waals surface area contributed by atoms with Gasteiger partial charge in [0.05, 0.1) is 0 Å². The largest absolute Gasteiger partial charge is 0.658 e. The highest BCUT2D eigenvalue weighted by atomic mass is 16.6. The highest BCUT2D eigenvalue weighted by molar-refractivity contribution is 6.20. The molecule has 2 aromatic carbocycles. The van der Waals surface area contributed by atoms with Crippen molar-refractivity contribution in [1.82, 2.24) is 10.6 Å². The third-order valence-electron chi connectivity index (χ3n) is 5.98. The Balaban J connectivity index is 1.20. The Hall–Kier alpha value is -2.96. The van der Waals surface area contributed by atoms with Crippen molar-refractivity contribution in [3.63, 3.8) is 0 Å². The molecule has 0 aromatic heterocycles. The maximum absolute atomic E-state index is 12.3. The Kier molecular flexibility index (Phi) is 7.13. The molecule has 0 bridgehead atoms. The summed E-state index contributed by atoms with van der Waals surface area (Å²) < 4.78 is 11.0. The van der Waals surface area contributed by atoms with Crippen LogP contribution < -0.4 is 19.9 Å². The topological polar surface area (TPSA) is 76.7 Å². The normalized spacial score (nSPS) is 16.6. The van der Waals surface area contributed by atoms with Crippen LogP contribution in [-0.4, -0.2) is 31.6 Å². The van der Waals surface area contributed by atoms with Gasteiger partial charge in [-0.05, 0) is 74.2 Å². The number of carbonyl (C=O) groups is 2. The average molecular weight is 419 g/mol. The van der Waals surface area contributed by atoms with Crippen LogP contribution in [0.15, 0.2) is 48.5 Å². The van der Waals surface area contributed by atoms with E-state index < -0.39 is 0 Å². The zero-order valence-corrected chi connectivity index (χ0v) is 17.6. The van der Waals surface area contributed by atoms with E-state index in [9.17, 15) is 9.59 Å². The molecule has 0 atom stereocenters. The zero-order valence-electron chi connectivity index (χ0n) is 17.6. The van der Waals surface area contributed by atoms with Crippen LogP contribution in [0.2, 0.25) is 0 Å². The van der Waals surface area contributed by atoms with Gasteiger partial charge < -0.3 is 19.9 Å². The first-order valence-electron chi connectivity index (χ1n) is 11.1. The van der Waals surface area contributed by atoms with Crippen molar-refractivity contribution in [3.8, 4) is 11.5 Å². The molecule has 4 rings (SSSR count). The molecule has 2 saturated carbocycles. The number of amides is 2. The summed E-state index contributed by atoms with van der Waals surface area (Å²) in [5.41, 5.74) is 1.23. The predicted molar refractivity (Wildman–Crippen MR) is 119 cm³/mol. The molecule has 0 saturated heterocycles. The van der Waals surface area contributed by atoms with E-state index in [4.69, 9.17) is 9.31 Å². The minimum atomic E-state index is -0.0456. The maximum Gasteiger partial charge on any atom is 0.658 e. The summed E-state index contributed by atoms with van der Waals surface area (Å²) in [6.45, 7) is 0. The first-order chi connectivity index (χ1) is 15.2. The summed E-state index contributed by atoms with van der Waals surface area (Å²) in [6, 6.07) is 14.5. The van der Waals surface area contributed by atoms with Gasteiger partial charge in [-0.25, -0.2) is 0 Å². The van der Waals surface area contributed by atoms with E-state index in [2.05, 4.69) is 10.6 Å². The number of rotatable bonds is 8. The smallest absolute Gasteiger partial charge is 0.526 e. The maximum atomic E-state index is 12.3. The molecule has 1 radical (unpaired) electrons. The van der Waals surface area contributed by atoms with Crippen LogP contribution in [0.1, 0.15) is 72.1 Å². The fraction of sp³-hybridized carbons (Fsp3) is 0.417. The van der Waals surface area contributed by atoms with Crippen LogP contribution in [0.4, 0.5) is 0 Å². The van der Waals surface area contributed by atoms with Gasteiger partial charge in [0.15, 0.2) is 0 Å². The summed E-state index contributed by atoms with van der Waals surface area (Å²) in [6.07, 6.45) is 8.98. The molecule has 31 heavy (non-hydrogen) atoms. The van der Waals surface area contributed by atoms with E-state index in [1.165, 1.54) is 33.4 Å². The monoisotopic (exact) mass is 419 g/mol. The van der Waals surface area contributed by atoms with Crippen molar-refractivity contribution < 1.29 is 18.9 Å². The lowest BCUT2D eigenvalue weighted by atomic mass is 10.1. The molecule has 2 fully saturated rings. The second-order valence-electron chi connectivity index (χ2n) is 8.29. The van der Waals surface area contributed by atoms with Gasteiger partial charge in [0.2, 0.25) is 0 Å². The van der Waals surface area contributed by atoms with Crippen molar-refractivity contribution in [3.05, 3.63) is 59.7 Å². The van der Waals surface area contributed by atoms with E-state index in [1.54, 1.807) is 48.5 Å². The highest BCUT2D eigenvalue weighted by Gasteiger charge is 2.19. The van der Waals surface area contributed by atoms with E-state index in [0.717, 1.165) is 25.7 Å². The Labute approximate surface area is 184 Å². The Morgan fingerprint density at radius 3 is 1.35 bits per heavy atom. The molecule has 2 aromatic rings. The minimum absolute atomic E-state index is 0.0456. The van der Waals surface area contributed by atoms with Crippen molar-refractivity contribution in [1.29, 1.82) is 0 Å². The molecule has 161 valence electrons. The Morgan fingerprint density at radius 2 is 1.00 bits per heavy atom. The molecule has 0 spiro atoms. The number of benzene rings is 2. The summed E-state index contributed by atoms with van der Waals surface area (Å²) in [4.78, 5) is 24.5. The summed E-state index contributed by atoms with van der Waals surface area (Å²) in [7, 11) is 1.24. The standard InChI is InChI=1S/C24H28BN2O4/c28-23(26-19-5-1-2-6-19)17-9-13-21(14-10-17)30-25-31-22-15-11-18(12-16-22)24(29)27-20-7-3-4-8-20/h9-16,19-20H,1-8H2,(H,26,28)(H,27,29). The Bertz CT molecular complexity index is 800. The van der Waals surface area contributed by atoms with Gasteiger partial charge in [0.1, 0.15) is 11.5 Å². The molecule has 7 heteroatoms. The molecule has 2 N–H and O–H groups in total. The van der Waals surface area contributed by atoms with Gasteiger partial charge in [-0.15, -0.1) is 0 Å². The quantitative estimate of drug-likeness (QED) is 0.634. The molecule has 0 heterocycles. The van der Waals surface area contributed by atoms with Gasteiger partial charge in [0.25, 0.3) is 11.8 Å². The van der Waals surface area contributed by atoms with Crippen molar-refractivity contribution >= 4 is 19.5 Å². The van der Waals surface area contributed by atoms with E-state index in [0.29, 0.717) is 34.7 Å². The second kappa shape index (κ2) is 10.4. The molecule has 2 amide bonds. The summed E-state index contributed by atoms with van der Waals surface area (Å²) >= 11 is 0. The van der Waals surface area contributed by atoms with Gasteiger partial charge in [-0.3, -0.25) is 9.59 Å². The SMILES string of the molecule is O=C(NC1CCCC1)c1ccc(O[B]Oc2ccc(C(=O)NC3CCCC3)cc2)cc1. The van der Waals surface area contributed by atoms with E-state index >= 15 is 0 Å². The number of carbonyl (C=O) groups excluding carboxylic acids is 2. The third kappa shape index (κ3) is 6.03.